The zero-order chi connectivity index (χ0) is 12.6. The maximum absolute atomic E-state index is 3.84. The molecule has 0 bridgehead atoms. The molecule has 1 nitrogen and oxygen atoms in total. The molecule has 0 aliphatic rings. The number of likely N-dealkylation sites (N-methyl/N-ethyl adjacent to an activating group) is 1. The molecule has 98 valence electrons. The minimum atomic E-state index is 0. The maximum Gasteiger partial charge on any atom is 0.141 e. The number of halogens is 1. The van der Waals surface area contributed by atoms with Gasteiger partial charge in [-0.05, 0) is 38.0 Å². The van der Waals surface area contributed by atoms with Gasteiger partial charge in [-0.25, -0.2) is 0 Å². The summed E-state index contributed by atoms with van der Waals surface area (Å²) in [6.07, 6.45) is 2.00. The molecule has 0 aliphatic heterocycles. The summed E-state index contributed by atoms with van der Waals surface area (Å²) >= 11 is 0. The van der Waals surface area contributed by atoms with E-state index in [9.17, 15) is 0 Å². The first-order chi connectivity index (χ1) is 8.26. The van der Waals surface area contributed by atoms with Crippen molar-refractivity contribution in [1.29, 1.82) is 0 Å². The molecule has 0 saturated heterocycles. The van der Waals surface area contributed by atoms with Crippen LogP contribution in [0, 0.1) is 11.8 Å². The number of hydrogen-bond acceptors (Lipinski definition) is 0. The Labute approximate surface area is 129 Å². The zero-order valence-corrected chi connectivity index (χ0v) is 13.5. The summed E-state index contributed by atoms with van der Waals surface area (Å²) in [6.45, 7) is 12.4. The van der Waals surface area contributed by atoms with Crippen LogP contribution in [0.25, 0.3) is 0 Å². The predicted molar refractivity (Wildman–Crippen MR) is 74.6 cm³/mol. The number of rotatable bonds is 5. The van der Waals surface area contributed by atoms with Crippen molar-refractivity contribution in [3.05, 3.63) is 48.6 Å². The molecule has 18 heavy (non-hydrogen) atoms. The zero-order valence-electron chi connectivity index (χ0n) is 11.3. The lowest BCUT2D eigenvalue weighted by atomic mass is 10.2. The van der Waals surface area contributed by atoms with Gasteiger partial charge in [-0.2, -0.15) is 0 Å². The molecule has 0 aliphatic carbocycles. The van der Waals surface area contributed by atoms with Gasteiger partial charge in [0.05, 0.1) is 19.6 Å². The lowest BCUT2D eigenvalue weighted by molar-refractivity contribution is -0.912. The fourth-order valence-corrected chi connectivity index (χ4v) is 1.87. The molecule has 0 spiro atoms. The van der Waals surface area contributed by atoms with Crippen molar-refractivity contribution >= 4 is 0 Å². The van der Waals surface area contributed by atoms with Crippen molar-refractivity contribution < 1.29 is 28.5 Å². The minimum absolute atomic E-state index is 0. The van der Waals surface area contributed by atoms with E-state index in [-0.39, 0.29) is 24.0 Å². The van der Waals surface area contributed by atoms with Crippen LogP contribution in [0.1, 0.15) is 19.4 Å². The van der Waals surface area contributed by atoms with Crippen molar-refractivity contribution in [2.45, 2.75) is 13.8 Å². The Bertz CT molecular complexity index is 396. The summed E-state index contributed by atoms with van der Waals surface area (Å²) < 4.78 is 1.00. The summed E-state index contributed by atoms with van der Waals surface area (Å²) in [5, 5.41) is 0. The van der Waals surface area contributed by atoms with Crippen LogP contribution in [-0.4, -0.2) is 30.7 Å². The molecule has 0 heterocycles. The summed E-state index contributed by atoms with van der Waals surface area (Å²) in [4.78, 5) is 0. The van der Waals surface area contributed by atoms with E-state index in [2.05, 4.69) is 32.3 Å². The van der Waals surface area contributed by atoms with Crippen LogP contribution in [0.4, 0.5) is 0 Å². The topological polar surface area (TPSA) is 0 Å². The van der Waals surface area contributed by atoms with Crippen LogP contribution < -0.4 is 24.0 Å². The number of benzene rings is 1. The van der Waals surface area contributed by atoms with Gasteiger partial charge in [0.25, 0.3) is 0 Å². The van der Waals surface area contributed by atoms with Crippen LogP contribution in [0.5, 0.6) is 0 Å². The second-order valence-corrected chi connectivity index (χ2v) is 4.27. The van der Waals surface area contributed by atoms with Crippen molar-refractivity contribution in [2.75, 3.05) is 26.2 Å². The Balaban J connectivity index is 0.00000289. The third kappa shape index (κ3) is 5.24. The van der Waals surface area contributed by atoms with E-state index in [0.29, 0.717) is 0 Å². The monoisotopic (exact) mass is 355 g/mol. The Morgan fingerprint density at radius 3 is 2.28 bits per heavy atom. The van der Waals surface area contributed by atoms with Crippen LogP contribution in [0.2, 0.25) is 0 Å². The molecular weight excluding hydrogens is 333 g/mol. The van der Waals surface area contributed by atoms with Crippen molar-refractivity contribution in [3.63, 3.8) is 0 Å². The molecule has 0 radical (unpaired) electrons. The SMILES string of the molecule is C=CC[N+](CC)(CC)CC#Cc1ccccc1.[I-]. The van der Waals surface area contributed by atoms with Gasteiger partial charge in [0.2, 0.25) is 0 Å². The molecule has 2 heteroatoms. The van der Waals surface area contributed by atoms with E-state index in [1.807, 2.05) is 36.4 Å². The van der Waals surface area contributed by atoms with Crippen molar-refractivity contribution in [1.82, 2.24) is 0 Å². The molecule has 1 aromatic rings. The van der Waals surface area contributed by atoms with Crippen molar-refractivity contribution in [3.8, 4) is 11.8 Å². The second-order valence-electron chi connectivity index (χ2n) is 4.27. The van der Waals surface area contributed by atoms with Gasteiger partial charge in [-0.15, -0.1) is 0 Å². The molecule has 0 N–H and O–H groups in total. The van der Waals surface area contributed by atoms with E-state index >= 15 is 0 Å². The molecular formula is C16H22IN. The first kappa shape index (κ1) is 17.2. The van der Waals surface area contributed by atoms with Crippen LogP contribution in [-0.2, 0) is 0 Å². The van der Waals surface area contributed by atoms with E-state index in [1.54, 1.807) is 0 Å². The Morgan fingerprint density at radius 2 is 1.78 bits per heavy atom. The third-order valence-electron chi connectivity index (χ3n) is 3.28. The Morgan fingerprint density at radius 1 is 1.17 bits per heavy atom. The summed E-state index contributed by atoms with van der Waals surface area (Å²) in [5.74, 6) is 6.53. The first-order valence-corrected chi connectivity index (χ1v) is 6.26. The maximum atomic E-state index is 3.84. The van der Waals surface area contributed by atoms with Gasteiger partial charge in [0.15, 0.2) is 0 Å². The number of nitrogens with zero attached hydrogens (tertiary/aromatic N) is 1. The normalized spacial score (nSPS) is 9.89. The molecule has 1 rings (SSSR count). The van der Waals surface area contributed by atoms with Gasteiger partial charge in [0, 0.05) is 5.56 Å². The van der Waals surface area contributed by atoms with Gasteiger partial charge in [-0.3, -0.25) is 0 Å². The van der Waals surface area contributed by atoms with E-state index in [1.165, 1.54) is 0 Å². The molecule has 0 amide bonds. The molecule has 1 aromatic carbocycles. The largest absolute Gasteiger partial charge is 1.00 e. The Kier molecular flexibility index (Phi) is 8.78. The predicted octanol–water partition coefficient (Wildman–Crippen LogP) is 0.0847. The average Bonchev–Trinajstić information content (AvgIpc) is 2.39. The fourth-order valence-electron chi connectivity index (χ4n) is 1.87. The van der Waals surface area contributed by atoms with Gasteiger partial charge < -0.3 is 28.5 Å². The summed E-state index contributed by atoms with van der Waals surface area (Å²) in [7, 11) is 0. The fraction of sp³-hybridized carbons (Fsp3) is 0.375. The highest BCUT2D eigenvalue weighted by Crippen LogP contribution is 2.05. The second kappa shape index (κ2) is 9.18. The number of quaternary nitrogens is 1. The average molecular weight is 355 g/mol. The highest BCUT2D eigenvalue weighted by molar-refractivity contribution is 5.33. The summed E-state index contributed by atoms with van der Waals surface area (Å²) in [5.41, 5.74) is 1.09. The number of hydrogen-bond donors (Lipinski definition) is 0. The van der Waals surface area contributed by atoms with Gasteiger partial charge >= 0.3 is 0 Å². The lowest BCUT2D eigenvalue weighted by Gasteiger charge is -2.33. The van der Waals surface area contributed by atoms with Crippen LogP contribution >= 0.6 is 0 Å². The quantitative estimate of drug-likeness (QED) is 0.304. The minimum Gasteiger partial charge on any atom is -1.00 e. The molecule has 0 aromatic heterocycles. The van der Waals surface area contributed by atoms with E-state index in [0.717, 1.165) is 36.2 Å². The van der Waals surface area contributed by atoms with Crippen LogP contribution in [0.15, 0.2) is 43.0 Å². The third-order valence-corrected chi connectivity index (χ3v) is 3.28. The van der Waals surface area contributed by atoms with Gasteiger partial charge in [-0.1, -0.05) is 30.7 Å². The smallest absolute Gasteiger partial charge is 0.141 e. The summed E-state index contributed by atoms with van der Waals surface area (Å²) in [6, 6.07) is 10.2. The highest BCUT2D eigenvalue weighted by Gasteiger charge is 2.19. The standard InChI is InChI=1S/C16H22N.HI/c1-4-14-17(5-2,6-3)15-10-13-16-11-8-7-9-12-16;/h4,7-9,11-12H,1,5-6,14-15H2,2-3H3;1H/q+1;/p-1. The highest BCUT2D eigenvalue weighted by atomic mass is 127. The molecule has 0 fully saturated rings. The molecule has 0 unspecified atom stereocenters. The van der Waals surface area contributed by atoms with Gasteiger partial charge in [0.1, 0.15) is 6.54 Å². The van der Waals surface area contributed by atoms with E-state index in [4.69, 9.17) is 0 Å². The van der Waals surface area contributed by atoms with Crippen molar-refractivity contribution in [2.24, 2.45) is 0 Å². The molecule has 0 saturated carbocycles. The van der Waals surface area contributed by atoms with Crippen LogP contribution in [0.3, 0.4) is 0 Å². The first-order valence-electron chi connectivity index (χ1n) is 6.26. The molecule has 0 atom stereocenters. The van der Waals surface area contributed by atoms with E-state index < -0.39 is 0 Å². The lowest BCUT2D eigenvalue weighted by Crippen LogP contribution is -3.00. The Hall–Kier alpha value is -0.790.